The number of rotatable bonds is 5. The van der Waals surface area contributed by atoms with Crippen molar-refractivity contribution in [2.75, 3.05) is 18.6 Å². The van der Waals surface area contributed by atoms with Gasteiger partial charge in [-0.05, 0) is 37.5 Å². The Hall–Kier alpha value is -1.14. The van der Waals surface area contributed by atoms with E-state index in [1.165, 1.54) is 12.1 Å². The average Bonchev–Trinajstić information content (AvgIpc) is 2.67. The number of hydrogen-bond acceptors (Lipinski definition) is 3. The summed E-state index contributed by atoms with van der Waals surface area (Å²) in [6.45, 7) is 2.32. The summed E-state index contributed by atoms with van der Waals surface area (Å²) in [7, 11) is 0. The third-order valence-electron chi connectivity index (χ3n) is 3.38. The van der Waals surface area contributed by atoms with Gasteiger partial charge in [0, 0.05) is 18.2 Å². The normalized spacial score (nSPS) is 22.6. The summed E-state index contributed by atoms with van der Waals surface area (Å²) in [4.78, 5) is 13.8. The van der Waals surface area contributed by atoms with Crippen LogP contribution in [0.5, 0.6) is 0 Å². The summed E-state index contributed by atoms with van der Waals surface area (Å²) in [5, 5.41) is 3.06. The number of carbonyl (C=O) groups is 1. The smallest absolute Gasteiger partial charge is 0.241 e. The zero-order valence-electron chi connectivity index (χ0n) is 11.5. The van der Waals surface area contributed by atoms with Gasteiger partial charge in [-0.3, -0.25) is 10.1 Å². The van der Waals surface area contributed by atoms with Crippen molar-refractivity contribution in [1.82, 2.24) is 10.2 Å². The third kappa shape index (κ3) is 3.12. The molecule has 3 nitrogen and oxygen atoms in total. The molecule has 0 aromatic heterocycles. The molecule has 0 spiro atoms. The molecule has 1 aliphatic heterocycles. The second-order valence-corrected chi connectivity index (χ2v) is 5.82. The SMILES string of the molecule is CSCCCN1C(=O)C(C)NC1c1ccc(F)cc1F. The van der Waals surface area contributed by atoms with Gasteiger partial charge in [0.1, 0.15) is 17.8 Å². The first-order chi connectivity index (χ1) is 9.54. The van der Waals surface area contributed by atoms with Gasteiger partial charge in [-0.2, -0.15) is 11.8 Å². The Morgan fingerprint density at radius 1 is 1.40 bits per heavy atom. The Bertz CT molecular complexity index is 498. The van der Waals surface area contributed by atoms with Crippen LogP contribution in [0.3, 0.4) is 0 Å². The molecule has 1 aromatic carbocycles. The van der Waals surface area contributed by atoms with E-state index in [0.29, 0.717) is 12.1 Å². The largest absolute Gasteiger partial charge is 0.321 e. The minimum atomic E-state index is -0.626. The molecule has 1 aliphatic rings. The highest BCUT2D eigenvalue weighted by Crippen LogP contribution is 2.27. The Kier molecular flexibility index (Phi) is 4.99. The lowest BCUT2D eigenvalue weighted by Gasteiger charge is -2.24. The first-order valence-corrected chi connectivity index (χ1v) is 7.94. The maximum atomic E-state index is 13.9. The molecular weight excluding hydrogens is 282 g/mol. The molecule has 1 aromatic rings. The molecule has 0 saturated carbocycles. The fourth-order valence-electron chi connectivity index (χ4n) is 2.37. The molecule has 1 saturated heterocycles. The van der Waals surface area contributed by atoms with E-state index in [2.05, 4.69) is 5.32 Å². The predicted octanol–water partition coefficient (Wildman–Crippen LogP) is 2.54. The number of benzene rings is 1. The van der Waals surface area contributed by atoms with E-state index in [-0.39, 0.29) is 11.9 Å². The monoisotopic (exact) mass is 300 g/mol. The maximum Gasteiger partial charge on any atom is 0.241 e. The fraction of sp³-hybridized carbons (Fsp3) is 0.500. The summed E-state index contributed by atoms with van der Waals surface area (Å²) in [6.07, 6.45) is 2.34. The van der Waals surface area contributed by atoms with E-state index in [9.17, 15) is 13.6 Å². The summed E-state index contributed by atoms with van der Waals surface area (Å²) >= 11 is 1.71. The molecule has 6 heteroatoms. The summed E-state index contributed by atoms with van der Waals surface area (Å²) < 4.78 is 26.9. The number of nitrogens with one attached hydrogen (secondary N) is 1. The van der Waals surface area contributed by atoms with E-state index in [4.69, 9.17) is 0 Å². The number of carbonyl (C=O) groups excluding carboxylic acids is 1. The molecule has 2 atom stereocenters. The molecule has 0 radical (unpaired) electrons. The number of halogens is 2. The van der Waals surface area contributed by atoms with Gasteiger partial charge in [0.15, 0.2) is 0 Å². The minimum absolute atomic E-state index is 0.0418. The molecule has 2 unspecified atom stereocenters. The number of thioether (sulfide) groups is 1. The van der Waals surface area contributed by atoms with Crippen molar-refractivity contribution in [3.8, 4) is 0 Å². The van der Waals surface area contributed by atoms with Crippen LogP contribution in [0.2, 0.25) is 0 Å². The van der Waals surface area contributed by atoms with Crippen molar-refractivity contribution < 1.29 is 13.6 Å². The quantitative estimate of drug-likeness (QED) is 0.848. The Morgan fingerprint density at radius 3 is 2.80 bits per heavy atom. The van der Waals surface area contributed by atoms with Crippen molar-refractivity contribution in [3.05, 3.63) is 35.4 Å². The highest BCUT2D eigenvalue weighted by molar-refractivity contribution is 7.98. The molecule has 0 bridgehead atoms. The van der Waals surface area contributed by atoms with Crippen LogP contribution in [0.4, 0.5) is 8.78 Å². The van der Waals surface area contributed by atoms with E-state index >= 15 is 0 Å². The lowest BCUT2D eigenvalue weighted by molar-refractivity contribution is -0.129. The minimum Gasteiger partial charge on any atom is -0.321 e. The second-order valence-electron chi connectivity index (χ2n) is 4.83. The molecule has 110 valence electrons. The van der Waals surface area contributed by atoms with Crippen molar-refractivity contribution in [1.29, 1.82) is 0 Å². The van der Waals surface area contributed by atoms with Crippen LogP contribution in [0, 0.1) is 11.6 Å². The lowest BCUT2D eigenvalue weighted by Crippen LogP contribution is -2.32. The van der Waals surface area contributed by atoms with Crippen LogP contribution in [0.15, 0.2) is 18.2 Å². The molecule has 1 fully saturated rings. The van der Waals surface area contributed by atoms with Crippen LogP contribution in [-0.4, -0.2) is 35.4 Å². The highest BCUT2D eigenvalue weighted by Gasteiger charge is 2.37. The van der Waals surface area contributed by atoms with Crippen molar-refractivity contribution in [2.45, 2.75) is 25.6 Å². The Balaban J connectivity index is 2.21. The van der Waals surface area contributed by atoms with Crippen LogP contribution in [0.25, 0.3) is 0 Å². The molecule has 1 heterocycles. The van der Waals surface area contributed by atoms with Gasteiger partial charge in [-0.25, -0.2) is 8.78 Å². The van der Waals surface area contributed by atoms with Gasteiger partial charge in [-0.15, -0.1) is 0 Å². The molecule has 20 heavy (non-hydrogen) atoms. The van der Waals surface area contributed by atoms with Gasteiger partial charge in [0.2, 0.25) is 5.91 Å². The average molecular weight is 300 g/mol. The number of nitrogens with zero attached hydrogens (tertiary/aromatic N) is 1. The first-order valence-electron chi connectivity index (χ1n) is 6.55. The van der Waals surface area contributed by atoms with E-state index in [1.54, 1.807) is 23.6 Å². The Morgan fingerprint density at radius 2 is 2.15 bits per heavy atom. The molecule has 0 aliphatic carbocycles. The molecule has 2 rings (SSSR count). The Labute approximate surface area is 121 Å². The van der Waals surface area contributed by atoms with E-state index in [0.717, 1.165) is 18.2 Å². The van der Waals surface area contributed by atoms with E-state index < -0.39 is 17.8 Å². The van der Waals surface area contributed by atoms with Crippen LogP contribution in [-0.2, 0) is 4.79 Å². The zero-order valence-corrected chi connectivity index (χ0v) is 12.3. The van der Waals surface area contributed by atoms with Crippen LogP contribution in [0.1, 0.15) is 25.1 Å². The molecular formula is C14H18F2N2OS. The standard InChI is InChI=1S/C14H18F2N2OS/c1-9-14(19)18(6-3-7-20-2)13(17-9)11-5-4-10(15)8-12(11)16/h4-5,8-9,13,17H,3,6-7H2,1-2H3. The topological polar surface area (TPSA) is 32.3 Å². The third-order valence-corrected chi connectivity index (χ3v) is 4.07. The summed E-state index contributed by atoms with van der Waals surface area (Å²) in [6, 6.07) is 3.12. The van der Waals surface area contributed by atoms with Gasteiger partial charge in [-0.1, -0.05) is 0 Å². The lowest BCUT2D eigenvalue weighted by atomic mass is 10.1. The van der Waals surface area contributed by atoms with Crippen molar-refractivity contribution in [2.24, 2.45) is 0 Å². The fourth-order valence-corrected chi connectivity index (χ4v) is 2.79. The van der Waals surface area contributed by atoms with Gasteiger partial charge < -0.3 is 4.90 Å². The van der Waals surface area contributed by atoms with Crippen molar-refractivity contribution >= 4 is 17.7 Å². The van der Waals surface area contributed by atoms with Gasteiger partial charge in [0.05, 0.1) is 6.04 Å². The predicted molar refractivity (Wildman–Crippen MR) is 76.4 cm³/mol. The first kappa shape index (κ1) is 15.3. The number of amides is 1. The van der Waals surface area contributed by atoms with Crippen LogP contribution >= 0.6 is 11.8 Å². The summed E-state index contributed by atoms with van der Waals surface area (Å²) in [5.41, 5.74) is 0.313. The van der Waals surface area contributed by atoms with Crippen LogP contribution < -0.4 is 5.32 Å². The van der Waals surface area contributed by atoms with Crippen molar-refractivity contribution in [3.63, 3.8) is 0 Å². The van der Waals surface area contributed by atoms with E-state index in [1.807, 2.05) is 6.26 Å². The maximum absolute atomic E-state index is 13.9. The highest BCUT2D eigenvalue weighted by atomic mass is 32.2. The summed E-state index contributed by atoms with van der Waals surface area (Å²) in [5.74, 6) is -0.340. The van der Waals surface area contributed by atoms with Gasteiger partial charge >= 0.3 is 0 Å². The second kappa shape index (κ2) is 6.54. The zero-order chi connectivity index (χ0) is 14.7. The molecule has 1 amide bonds. The van der Waals surface area contributed by atoms with Gasteiger partial charge in [0.25, 0.3) is 0 Å². The number of hydrogen-bond donors (Lipinski definition) is 1. The molecule has 1 N–H and O–H groups in total.